The van der Waals surface area contributed by atoms with Crippen LogP contribution >= 0.6 is 0 Å². The number of hydrogen-bond donors (Lipinski definition) is 0. The van der Waals surface area contributed by atoms with Gasteiger partial charge in [-0.05, 0) is 0 Å². The van der Waals surface area contributed by atoms with Gasteiger partial charge in [0.15, 0.2) is 0 Å². The summed E-state index contributed by atoms with van der Waals surface area (Å²) < 4.78 is 5.79. The van der Waals surface area contributed by atoms with Crippen molar-refractivity contribution in [3.63, 3.8) is 0 Å². The molecule has 0 heterocycles. The van der Waals surface area contributed by atoms with Crippen LogP contribution in [0.3, 0.4) is 0 Å². The molecule has 1 unspecified atom stereocenters. The van der Waals surface area contributed by atoms with E-state index in [1.165, 1.54) is 17.4 Å². The summed E-state index contributed by atoms with van der Waals surface area (Å²) >= 11 is -2.77. The van der Waals surface area contributed by atoms with Crippen LogP contribution in [0.25, 0.3) is 0 Å². The minimum atomic E-state index is -2.77. The molecule has 4 aromatic carbocycles. The molecule has 0 aliphatic carbocycles. The second-order valence-corrected chi connectivity index (χ2v) is 13.2. The van der Waals surface area contributed by atoms with Crippen molar-refractivity contribution in [1.29, 1.82) is 0 Å². The summed E-state index contributed by atoms with van der Waals surface area (Å²) in [4.78, 5) is 0. The molecular formula is C24H23As2Cl. The molecule has 4 rings (SSSR count). The molecular weight excluding hydrogens is 474 g/mol. The summed E-state index contributed by atoms with van der Waals surface area (Å²) in [5, 5.41) is 0. The second kappa shape index (κ2) is 10.0. The van der Waals surface area contributed by atoms with Gasteiger partial charge in [0, 0.05) is 0 Å². The van der Waals surface area contributed by atoms with Crippen LogP contribution in [-0.4, -0.2) is 31.5 Å². The minimum absolute atomic E-state index is 0. The van der Waals surface area contributed by atoms with Crippen molar-refractivity contribution >= 4 is 48.9 Å². The molecule has 0 amide bonds. The molecule has 0 aliphatic rings. The molecule has 0 N–H and O–H groups in total. The van der Waals surface area contributed by atoms with Gasteiger partial charge in [0.1, 0.15) is 0 Å². The van der Waals surface area contributed by atoms with Gasteiger partial charge in [-0.2, -0.15) is 0 Å². The molecule has 1 atom stereocenters. The first kappa shape index (κ1) is 21.6. The fourth-order valence-electron chi connectivity index (χ4n) is 3.50. The van der Waals surface area contributed by atoms with E-state index in [0.29, 0.717) is 0 Å². The van der Waals surface area contributed by atoms with Crippen molar-refractivity contribution in [1.82, 2.24) is 0 Å². The Labute approximate surface area is 181 Å². The van der Waals surface area contributed by atoms with E-state index in [1.807, 2.05) is 0 Å². The number of benzene rings is 4. The molecule has 0 radical (unpaired) electrons. The quantitative estimate of drug-likeness (QED) is 0.314. The number of rotatable bonds is 4. The Balaban J connectivity index is 0.00000131. The molecule has 0 nitrogen and oxygen atoms in total. The Morgan fingerprint density at radius 1 is 0.333 bits per heavy atom. The van der Waals surface area contributed by atoms with Crippen LogP contribution in [0.15, 0.2) is 121 Å². The SMILES string of the molecule is [AsH3].[Cl-].c1ccc([As+](c2ccccc2)(c2ccccc2)c2ccccc2)cc1. The van der Waals surface area contributed by atoms with Gasteiger partial charge in [0.05, 0.1) is 0 Å². The average Bonchev–Trinajstić information content (AvgIpc) is 2.72. The van der Waals surface area contributed by atoms with Crippen molar-refractivity contribution in [3.8, 4) is 0 Å². The van der Waals surface area contributed by atoms with Gasteiger partial charge in [0.25, 0.3) is 0 Å². The van der Waals surface area contributed by atoms with Crippen LogP contribution in [-0.2, 0) is 0 Å². The summed E-state index contributed by atoms with van der Waals surface area (Å²) in [6.45, 7) is 0. The molecule has 27 heavy (non-hydrogen) atoms. The fraction of sp³-hybridized carbons (Fsp3) is 0. The van der Waals surface area contributed by atoms with Gasteiger partial charge in [0.2, 0.25) is 0 Å². The van der Waals surface area contributed by atoms with Crippen molar-refractivity contribution < 1.29 is 12.4 Å². The predicted octanol–water partition coefficient (Wildman–Crippen LogP) is -1.12. The zero-order valence-corrected chi connectivity index (χ0v) is 20.7. The van der Waals surface area contributed by atoms with Crippen LogP contribution < -0.4 is 29.8 Å². The van der Waals surface area contributed by atoms with E-state index < -0.39 is 13.6 Å². The van der Waals surface area contributed by atoms with Gasteiger partial charge in [-0.1, -0.05) is 0 Å². The third kappa shape index (κ3) is 4.09. The first-order chi connectivity index (χ1) is 12.4. The van der Waals surface area contributed by atoms with Crippen LogP contribution in [0, 0.1) is 0 Å². The third-order valence-corrected chi connectivity index (χ3v) is 13.6. The Morgan fingerprint density at radius 2 is 0.519 bits per heavy atom. The van der Waals surface area contributed by atoms with Gasteiger partial charge < -0.3 is 12.4 Å². The van der Waals surface area contributed by atoms with Gasteiger partial charge in [-0.15, -0.1) is 0 Å². The van der Waals surface area contributed by atoms with Gasteiger partial charge >= 0.3 is 170 Å². The summed E-state index contributed by atoms with van der Waals surface area (Å²) in [6, 6.07) is 44.2. The van der Waals surface area contributed by atoms with Crippen molar-refractivity contribution in [2.24, 2.45) is 0 Å². The number of hydrogen-bond acceptors (Lipinski definition) is 0. The maximum absolute atomic E-state index is 2.77. The average molecular weight is 497 g/mol. The van der Waals surface area contributed by atoms with E-state index in [9.17, 15) is 0 Å². The first-order valence-electron chi connectivity index (χ1n) is 8.54. The third-order valence-electron chi connectivity index (χ3n) is 4.57. The monoisotopic (exact) mass is 496 g/mol. The Hall–Kier alpha value is -1.71. The normalized spacial score (nSPS) is 10.4. The molecule has 0 aromatic heterocycles. The van der Waals surface area contributed by atoms with Crippen molar-refractivity contribution in [2.75, 3.05) is 0 Å². The van der Waals surface area contributed by atoms with Crippen LogP contribution in [0.2, 0.25) is 0 Å². The maximum atomic E-state index is 2.31. The summed E-state index contributed by atoms with van der Waals surface area (Å²) in [5.74, 6) is 0. The van der Waals surface area contributed by atoms with E-state index in [1.54, 1.807) is 0 Å². The fourth-order valence-corrected chi connectivity index (χ4v) is 12.5. The zero-order valence-electron chi connectivity index (χ0n) is 15.1. The molecule has 0 aliphatic heterocycles. The molecule has 4 aromatic rings. The van der Waals surface area contributed by atoms with Gasteiger partial charge in [-0.25, -0.2) is 0 Å². The number of halogens is 1. The summed E-state index contributed by atoms with van der Waals surface area (Å²) in [5.41, 5.74) is 0. The molecule has 0 saturated carbocycles. The molecule has 0 fully saturated rings. The Bertz CT molecular complexity index is 763. The van der Waals surface area contributed by atoms with Crippen LogP contribution in [0.4, 0.5) is 0 Å². The van der Waals surface area contributed by atoms with E-state index in [-0.39, 0.29) is 30.4 Å². The topological polar surface area (TPSA) is 0 Å². The van der Waals surface area contributed by atoms with Crippen LogP contribution in [0.5, 0.6) is 0 Å². The van der Waals surface area contributed by atoms with E-state index in [2.05, 4.69) is 121 Å². The van der Waals surface area contributed by atoms with Crippen molar-refractivity contribution in [3.05, 3.63) is 121 Å². The predicted molar refractivity (Wildman–Crippen MR) is 120 cm³/mol. The van der Waals surface area contributed by atoms with E-state index in [4.69, 9.17) is 0 Å². The molecule has 0 spiro atoms. The first-order valence-corrected chi connectivity index (χ1v) is 12.3. The standard InChI is InChI=1S/C24H20As.AsH3.ClH/c1-5-13-21(14-6-1)25(22-15-7-2-8-16-22,23-17-9-3-10-18-23)24-19-11-4-12-20-24;;/h1-20H;1H3;1H/q+1;;/p-1. The van der Waals surface area contributed by atoms with E-state index in [0.717, 1.165) is 0 Å². The zero-order chi connectivity index (χ0) is 17.0. The van der Waals surface area contributed by atoms with Crippen LogP contribution in [0.1, 0.15) is 0 Å². The van der Waals surface area contributed by atoms with Gasteiger partial charge in [-0.3, -0.25) is 0 Å². The Kier molecular flexibility index (Phi) is 8.00. The van der Waals surface area contributed by atoms with E-state index >= 15 is 0 Å². The molecule has 0 bridgehead atoms. The molecule has 136 valence electrons. The summed E-state index contributed by atoms with van der Waals surface area (Å²) in [7, 11) is 0. The summed E-state index contributed by atoms with van der Waals surface area (Å²) in [6.07, 6.45) is 0. The Morgan fingerprint density at radius 3 is 0.704 bits per heavy atom. The molecule has 3 heteroatoms. The molecule has 0 saturated heterocycles. The van der Waals surface area contributed by atoms with Crippen molar-refractivity contribution in [2.45, 2.75) is 0 Å². The second-order valence-electron chi connectivity index (χ2n) is 6.01.